The van der Waals surface area contributed by atoms with Crippen molar-refractivity contribution in [1.29, 1.82) is 0 Å². The molecule has 0 radical (unpaired) electrons. The molecule has 0 aliphatic carbocycles. The van der Waals surface area contributed by atoms with Crippen LogP contribution in [0, 0.1) is 5.82 Å². The maximum Gasteiger partial charge on any atom is 0.339 e. The molecule has 0 spiro atoms. The minimum absolute atomic E-state index is 0.149. The fraction of sp³-hybridized carbons (Fsp3) is 0.0526. The third-order valence-electron chi connectivity index (χ3n) is 3.49. The van der Waals surface area contributed by atoms with Gasteiger partial charge in [-0.15, -0.1) is 0 Å². The summed E-state index contributed by atoms with van der Waals surface area (Å²) in [7, 11) is 1.43. The molecule has 10 heteroatoms. The van der Waals surface area contributed by atoms with Crippen LogP contribution in [0.2, 0.25) is 5.28 Å². The van der Waals surface area contributed by atoms with Crippen molar-refractivity contribution in [3.05, 3.63) is 71.4 Å². The molecule has 0 aliphatic rings. The number of benzene rings is 2. The van der Waals surface area contributed by atoms with E-state index in [9.17, 15) is 9.18 Å². The van der Waals surface area contributed by atoms with Crippen LogP contribution in [0.25, 0.3) is 0 Å². The number of rotatable bonds is 6. The Morgan fingerprint density at radius 2 is 2.00 bits per heavy atom. The van der Waals surface area contributed by atoms with Crippen molar-refractivity contribution in [3.63, 3.8) is 0 Å². The van der Waals surface area contributed by atoms with Crippen LogP contribution >= 0.6 is 11.6 Å². The van der Waals surface area contributed by atoms with Crippen LogP contribution in [0.3, 0.4) is 0 Å². The van der Waals surface area contributed by atoms with E-state index in [1.807, 2.05) is 6.07 Å². The van der Waals surface area contributed by atoms with Gasteiger partial charge in [0.05, 0.1) is 19.5 Å². The Morgan fingerprint density at radius 3 is 2.76 bits per heavy atom. The third-order valence-corrected chi connectivity index (χ3v) is 3.67. The molecular formula is C19H15ClFN5O3. The summed E-state index contributed by atoms with van der Waals surface area (Å²) in [6.07, 6.45) is 2.32. The molecule has 0 atom stereocenters. The summed E-state index contributed by atoms with van der Waals surface area (Å²) >= 11 is 5.66. The van der Waals surface area contributed by atoms with Gasteiger partial charge in [0, 0.05) is 5.69 Å². The second-order valence-electron chi connectivity index (χ2n) is 5.49. The van der Waals surface area contributed by atoms with Crippen molar-refractivity contribution in [2.45, 2.75) is 0 Å². The monoisotopic (exact) mass is 415 g/mol. The summed E-state index contributed by atoms with van der Waals surface area (Å²) in [5.41, 5.74) is 3.60. The quantitative estimate of drug-likeness (QED) is 0.357. The van der Waals surface area contributed by atoms with Crippen LogP contribution < -0.4 is 20.2 Å². The topological polar surface area (TPSA) is 97.7 Å². The summed E-state index contributed by atoms with van der Waals surface area (Å²) in [6, 6.07) is 13.2. The lowest BCUT2D eigenvalue weighted by Gasteiger charge is -2.10. The van der Waals surface area contributed by atoms with Gasteiger partial charge in [0.25, 0.3) is 5.88 Å². The SMILES string of the molecule is COc1cc(C=NNC(=O)Nc2ccccc2)ccc1Oc1nc(Cl)ncc1F. The zero-order chi connectivity index (χ0) is 20.6. The summed E-state index contributed by atoms with van der Waals surface area (Å²) in [4.78, 5) is 19.0. The zero-order valence-electron chi connectivity index (χ0n) is 15.1. The van der Waals surface area contributed by atoms with Gasteiger partial charge in [-0.25, -0.2) is 15.2 Å². The van der Waals surface area contributed by atoms with Gasteiger partial charge >= 0.3 is 6.03 Å². The highest BCUT2D eigenvalue weighted by molar-refractivity contribution is 6.28. The second-order valence-corrected chi connectivity index (χ2v) is 5.83. The molecule has 0 aliphatic heterocycles. The molecule has 2 N–H and O–H groups in total. The lowest BCUT2D eigenvalue weighted by atomic mass is 10.2. The number of anilines is 1. The van der Waals surface area contributed by atoms with E-state index in [2.05, 4.69) is 25.8 Å². The standard InChI is InChI=1S/C19H15ClFN5O3/c1-28-16-9-12(10-23-26-19(27)24-13-5-3-2-4-6-13)7-8-15(16)29-17-14(21)11-22-18(20)25-17/h2-11H,1H3,(H2,24,26,27). The van der Waals surface area contributed by atoms with Crippen molar-refractivity contribution >= 4 is 29.5 Å². The Balaban J connectivity index is 1.66. The third kappa shape index (κ3) is 5.63. The Bertz CT molecular complexity index is 1030. The molecular weight excluding hydrogens is 401 g/mol. The summed E-state index contributed by atoms with van der Waals surface area (Å²) in [5.74, 6) is -0.579. The molecule has 0 saturated carbocycles. The number of hydrazone groups is 1. The number of methoxy groups -OCH3 is 1. The van der Waals surface area contributed by atoms with Gasteiger partial charge < -0.3 is 14.8 Å². The fourth-order valence-corrected chi connectivity index (χ4v) is 2.33. The number of carbonyl (C=O) groups excluding carboxylic acids is 1. The first kappa shape index (κ1) is 20.0. The van der Waals surface area contributed by atoms with E-state index in [0.717, 1.165) is 6.20 Å². The normalized spacial score (nSPS) is 10.6. The van der Waals surface area contributed by atoms with E-state index in [-0.39, 0.29) is 16.9 Å². The van der Waals surface area contributed by atoms with Crippen LogP contribution in [0.15, 0.2) is 59.8 Å². The average Bonchev–Trinajstić information content (AvgIpc) is 2.72. The van der Waals surface area contributed by atoms with Crippen molar-refractivity contribution in [3.8, 4) is 17.4 Å². The highest BCUT2D eigenvalue weighted by Crippen LogP contribution is 2.32. The smallest absolute Gasteiger partial charge is 0.339 e. The van der Waals surface area contributed by atoms with Gasteiger partial charge in [-0.05, 0) is 47.5 Å². The van der Waals surface area contributed by atoms with E-state index in [4.69, 9.17) is 21.1 Å². The van der Waals surface area contributed by atoms with Gasteiger partial charge in [0.2, 0.25) is 11.1 Å². The summed E-state index contributed by atoms with van der Waals surface area (Å²) < 4.78 is 24.4. The Hall–Kier alpha value is -3.72. The molecule has 0 fully saturated rings. The Morgan fingerprint density at radius 1 is 1.21 bits per heavy atom. The predicted molar refractivity (Wildman–Crippen MR) is 106 cm³/mol. The number of aromatic nitrogens is 2. The van der Waals surface area contributed by atoms with Crippen molar-refractivity contribution < 1.29 is 18.7 Å². The van der Waals surface area contributed by atoms with E-state index >= 15 is 0 Å². The minimum Gasteiger partial charge on any atom is -0.493 e. The molecule has 0 unspecified atom stereocenters. The van der Waals surface area contributed by atoms with Crippen LogP contribution in [0.1, 0.15) is 5.56 Å². The second kappa shape index (κ2) is 9.47. The Labute approximate surface area is 170 Å². The molecule has 8 nitrogen and oxygen atoms in total. The maximum absolute atomic E-state index is 13.8. The number of hydrogen-bond donors (Lipinski definition) is 2. The van der Waals surface area contributed by atoms with Crippen LogP contribution in [0.5, 0.6) is 17.4 Å². The van der Waals surface area contributed by atoms with Crippen LogP contribution in [-0.2, 0) is 0 Å². The van der Waals surface area contributed by atoms with Gasteiger partial charge in [0.15, 0.2) is 11.5 Å². The van der Waals surface area contributed by atoms with Crippen molar-refractivity contribution in [1.82, 2.24) is 15.4 Å². The first-order chi connectivity index (χ1) is 14.0. The van der Waals surface area contributed by atoms with Crippen LogP contribution in [-0.4, -0.2) is 29.3 Å². The van der Waals surface area contributed by atoms with Crippen molar-refractivity contribution in [2.75, 3.05) is 12.4 Å². The molecule has 148 valence electrons. The highest BCUT2D eigenvalue weighted by Gasteiger charge is 2.12. The van der Waals surface area contributed by atoms with Crippen LogP contribution in [0.4, 0.5) is 14.9 Å². The van der Waals surface area contributed by atoms with Gasteiger partial charge in [0.1, 0.15) is 0 Å². The summed E-state index contributed by atoms with van der Waals surface area (Å²) in [6.45, 7) is 0. The van der Waals surface area contributed by atoms with Crippen molar-refractivity contribution in [2.24, 2.45) is 5.10 Å². The number of halogens is 2. The van der Waals surface area contributed by atoms with Gasteiger partial charge in [-0.1, -0.05) is 18.2 Å². The van der Waals surface area contributed by atoms with Gasteiger partial charge in [-0.2, -0.15) is 14.5 Å². The lowest BCUT2D eigenvalue weighted by Crippen LogP contribution is -2.24. The fourth-order valence-electron chi connectivity index (χ4n) is 2.20. The number of nitrogens with one attached hydrogen (secondary N) is 2. The first-order valence-corrected chi connectivity index (χ1v) is 8.62. The zero-order valence-corrected chi connectivity index (χ0v) is 15.9. The number of amides is 2. The number of hydrogen-bond acceptors (Lipinski definition) is 6. The molecule has 29 heavy (non-hydrogen) atoms. The number of ether oxygens (including phenoxy) is 2. The van der Waals surface area contributed by atoms with Gasteiger partial charge in [-0.3, -0.25) is 0 Å². The molecule has 3 aromatic rings. The molecule has 1 heterocycles. The minimum atomic E-state index is -0.768. The molecule has 0 saturated heterocycles. The van der Waals surface area contributed by atoms with E-state index < -0.39 is 11.8 Å². The maximum atomic E-state index is 13.8. The van der Waals surface area contributed by atoms with E-state index in [1.165, 1.54) is 13.3 Å². The largest absolute Gasteiger partial charge is 0.493 e. The number of urea groups is 1. The molecule has 1 aromatic heterocycles. The Kier molecular flexibility index (Phi) is 6.54. The van der Waals surface area contributed by atoms with E-state index in [1.54, 1.807) is 42.5 Å². The average molecular weight is 416 g/mol. The predicted octanol–water partition coefficient (Wildman–Crippen LogP) is 4.23. The molecule has 2 aromatic carbocycles. The number of carbonyl (C=O) groups is 1. The molecule has 3 rings (SSSR count). The lowest BCUT2D eigenvalue weighted by molar-refractivity contribution is 0.252. The summed E-state index contributed by atoms with van der Waals surface area (Å²) in [5, 5.41) is 6.35. The number of nitrogens with zero attached hydrogens (tertiary/aromatic N) is 3. The molecule has 2 amide bonds. The van der Waals surface area contributed by atoms with E-state index in [0.29, 0.717) is 17.0 Å². The highest BCUT2D eigenvalue weighted by atomic mass is 35.5. The number of para-hydroxylation sites is 1. The first-order valence-electron chi connectivity index (χ1n) is 8.24. The molecule has 0 bridgehead atoms.